The molecule has 1 aliphatic rings. The van der Waals surface area contributed by atoms with Crippen LogP contribution in [0.25, 0.3) is 0 Å². The van der Waals surface area contributed by atoms with Crippen molar-refractivity contribution in [1.29, 1.82) is 0 Å². The summed E-state index contributed by atoms with van der Waals surface area (Å²) in [5.74, 6) is -0.324. The van der Waals surface area contributed by atoms with Gasteiger partial charge in [-0.1, -0.05) is 22.4 Å². The van der Waals surface area contributed by atoms with Crippen LogP contribution < -0.4 is 0 Å². The van der Waals surface area contributed by atoms with Crippen molar-refractivity contribution >= 4 is 27.6 Å². The van der Waals surface area contributed by atoms with Crippen LogP contribution in [0.15, 0.2) is 0 Å². The summed E-state index contributed by atoms with van der Waals surface area (Å²) < 4.78 is 0. The zero-order valence-corrected chi connectivity index (χ0v) is 10.9. The predicted molar refractivity (Wildman–Crippen MR) is 63.0 cm³/mol. The molecule has 0 spiro atoms. The molecule has 0 radical (unpaired) electrons. The molecule has 86 valence electrons. The van der Waals surface area contributed by atoms with Crippen LogP contribution in [0.3, 0.4) is 0 Å². The standard InChI is InChI=1S/C11H18BrNO2/c1-3-13(4-2)11(15)8-6-5-7-9(12)10(8)14/h8-9H,3-7H2,1-2H3/t8-,9-/m1/s1. The van der Waals surface area contributed by atoms with E-state index in [2.05, 4.69) is 15.9 Å². The van der Waals surface area contributed by atoms with E-state index in [1.807, 2.05) is 13.8 Å². The number of hydrogen-bond acceptors (Lipinski definition) is 2. The third-order valence-electron chi connectivity index (χ3n) is 2.98. The first-order valence-corrected chi connectivity index (χ1v) is 6.49. The lowest BCUT2D eigenvalue weighted by molar-refractivity contribution is -0.142. The van der Waals surface area contributed by atoms with E-state index in [4.69, 9.17) is 0 Å². The maximum atomic E-state index is 12.0. The highest BCUT2D eigenvalue weighted by Gasteiger charge is 2.35. The SMILES string of the molecule is CCN(CC)C(=O)[C@@H]1CCC[C@@H](Br)C1=O. The maximum Gasteiger partial charge on any atom is 0.233 e. The Hall–Kier alpha value is -0.380. The predicted octanol–water partition coefficient (Wildman–Crippen LogP) is 1.99. The summed E-state index contributed by atoms with van der Waals surface area (Å²) in [6.07, 6.45) is 2.54. The molecule has 0 N–H and O–H groups in total. The molecule has 1 rings (SSSR count). The van der Waals surface area contributed by atoms with Crippen LogP contribution >= 0.6 is 15.9 Å². The summed E-state index contributed by atoms with van der Waals surface area (Å²) in [5.41, 5.74) is 0. The molecule has 3 nitrogen and oxygen atoms in total. The van der Waals surface area contributed by atoms with E-state index >= 15 is 0 Å². The third-order valence-corrected chi connectivity index (χ3v) is 3.88. The Bertz CT molecular complexity index is 251. The minimum Gasteiger partial charge on any atom is -0.343 e. The Morgan fingerprint density at radius 1 is 1.40 bits per heavy atom. The molecule has 0 saturated heterocycles. The largest absolute Gasteiger partial charge is 0.343 e. The summed E-state index contributed by atoms with van der Waals surface area (Å²) in [6.45, 7) is 5.26. The first-order valence-electron chi connectivity index (χ1n) is 5.58. The van der Waals surface area contributed by atoms with Crippen molar-refractivity contribution in [3.05, 3.63) is 0 Å². The first-order chi connectivity index (χ1) is 7.11. The van der Waals surface area contributed by atoms with Gasteiger partial charge >= 0.3 is 0 Å². The Morgan fingerprint density at radius 2 is 2.00 bits per heavy atom. The number of ketones is 1. The molecule has 4 heteroatoms. The molecule has 1 fully saturated rings. The highest BCUT2D eigenvalue weighted by Crippen LogP contribution is 2.27. The Morgan fingerprint density at radius 3 is 2.53 bits per heavy atom. The van der Waals surface area contributed by atoms with Gasteiger partial charge in [0, 0.05) is 13.1 Å². The van der Waals surface area contributed by atoms with E-state index in [0.717, 1.165) is 19.3 Å². The van der Waals surface area contributed by atoms with Gasteiger partial charge in [0.15, 0.2) is 5.78 Å². The lowest BCUT2D eigenvalue weighted by atomic mass is 9.87. The van der Waals surface area contributed by atoms with Crippen molar-refractivity contribution in [2.75, 3.05) is 13.1 Å². The zero-order chi connectivity index (χ0) is 11.4. The van der Waals surface area contributed by atoms with Crippen molar-refractivity contribution in [2.24, 2.45) is 5.92 Å². The highest BCUT2D eigenvalue weighted by molar-refractivity contribution is 9.10. The summed E-state index contributed by atoms with van der Waals surface area (Å²) in [6, 6.07) is 0. The number of carbonyl (C=O) groups excluding carboxylic acids is 2. The number of hydrogen-bond donors (Lipinski definition) is 0. The molecule has 0 unspecified atom stereocenters. The lowest BCUT2D eigenvalue weighted by Gasteiger charge is -2.28. The van der Waals surface area contributed by atoms with E-state index in [1.165, 1.54) is 0 Å². The van der Waals surface area contributed by atoms with Gasteiger partial charge in [-0.05, 0) is 26.7 Å². The molecule has 0 aromatic carbocycles. The molecule has 1 saturated carbocycles. The summed E-state index contributed by atoms with van der Waals surface area (Å²) in [5, 5.41) is 0. The van der Waals surface area contributed by atoms with Crippen LogP contribution in [0.5, 0.6) is 0 Å². The third kappa shape index (κ3) is 2.80. The zero-order valence-electron chi connectivity index (χ0n) is 9.33. The number of amides is 1. The second-order valence-corrected chi connectivity index (χ2v) is 4.97. The molecule has 0 heterocycles. The average molecular weight is 276 g/mol. The smallest absolute Gasteiger partial charge is 0.233 e. The van der Waals surface area contributed by atoms with E-state index in [1.54, 1.807) is 4.90 Å². The molecule has 1 amide bonds. The van der Waals surface area contributed by atoms with Gasteiger partial charge in [0.2, 0.25) is 5.91 Å². The molecule has 0 aliphatic heterocycles. The van der Waals surface area contributed by atoms with Gasteiger partial charge in [-0.15, -0.1) is 0 Å². The molecular weight excluding hydrogens is 258 g/mol. The Balaban J connectivity index is 2.69. The van der Waals surface area contributed by atoms with Gasteiger partial charge in [-0.25, -0.2) is 0 Å². The van der Waals surface area contributed by atoms with Gasteiger partial charge in [0.05, 0.1) is 10.7 Å². The van der Waals surface area contributed by atoms with Crippen molar-refractivity contribution < 1.29 is 9.59 Å². The van der Waals surface area contributed by atoms with E-state index in [0.29, 0.717) is 13.1 Å². The number of rotatable bonds is 3. The van der Waals surface area contributed by atoms with Gasteiger partial charge in [0.25, 0.3) is 0 Å². The topological polar surface area (TPSA) is 37.4 Å². The van der Waals surface area contributed by atoms with E-state index < -0.39 is 5.92 Å². The number of alkyl halides is 1. The number of nitrogens with zero attached hydrogens (tertiary/aromatic N) is 1. The molecule has 0 aromatic heterocycles. The number of Topliss-reactive ketones (excluding diaryl/α,β-unsaturated/α-hetero) is 1. The fraction of sp³-hybridized carbons (Fsp3) is 0.818. The molecule has 1 aliphatic carbocycles. The van der Waals surface area contributed by atoms with E-state index in [9.17, 15) is 9.59 Å². The number of carbonyl (C=O) groups is 2. The van der Waals surface area contributed by atoms with Crippen LogP contribution in [0.4, 0.5) is 0 Å². The Labute approximate surface area is 99.3 Å². The quantitative estimate of drug-likeness (QED) is 0.584. The molecule has 2 atom stereocenters. The maximum absolute atomic E-state index is 12.0. The molecule has 15 heavy (non-hydrogen) atoms. The van der Waals surface area contributed by atoms with Crippen molar-refractivity contribution in [2.45, 2.75) is 37.9 Å². The molecule has 0 bridgehead atoms. The van der Waals surface area contributed by atoms with Crippen molar-refractivity contribution in [3.8, 4) is 0 Å². The lowest BCUT2D eigenvalue weighted by Crippen LogP contribution is -2.43. The molecule has 0 aromatic rings. The molecular formula is C11H18BrNO2. The minimum atomic E-state index is -0.400. The van der Waals surface area contributed by atoms with Gasteiger partial charge in [-0.3, -0.25) is 9.59 Å². The minimum absolute atomic E-state index is 0.00847. The normalized spacial score (nSPS) is 26.5. The van der Waals surface area contributed by atoms with Gasteiger partial charge < -0.3 is 4.90 Å². The first kappa shape index (κ1) is 12.7. The number of halogens is 1. The highest BCUT2D eigenvalue weighted by atomic mass is 79.9. The second kappa shape index (κ2) is 5.64. The second-order valence-electron chi connectivity index (χ2n) is 3.86. The van der Waals surface area contributed by atoms with E-state index in [-0.39, 0.29) is 16.5 Å². The van der Waals surface area contributed by atoms with Crippen molar-refractivity contribution in [3.63, 3.8) is 0 Å². The van der Waals surface area contributed by atoms with Crippen molar-refractivity contribution in [1.82, 2.24) is 4.90 Å². The van der Waals surface area contributed by atoms with Gasteiger partial charge in [-0.2, -0.15) is 0 Å². The van der Waals surface area contributed by atoms with Crippen LogP contribution in [0.2, 0.25) is 0 Å². The monoisotopic (exact) mass is 275 g/mol. The fourth-order valence-electron chi connectivity index (χ4n) is 2.00. The van der Waals surface area contributed by atoms with Crippen LogP contribution in [0, 0.1) is 5.92 Å². The van der Waals surface area contributed by atoms with Crippen LogP contribution in [-0.4, -0.2) is 34.5 Å². The van der Waals surface area contributed by atoms with Crippen LogP contribution in [-0.2, 0) is 9.59 Å². The summed E-state index contributed by atoms with van der Waals surface area (Å²) >= 11 is 3.34. The van der Waals surface area contributed by atoms with Crippen LogP contribution in [0.1, 0.15) is 33.1 Å². The fourth-order valence-corrected chi connectivity index (χ4v) is 2.65. The average Bonchev–Trinajstić information content (AvgIpc) is 2.23. The summed E-state index contributed by atoms with van der Waals surface area (Å²) in [4.78, 5) is 25.4. The Kier molecular flexibility index (Phi) is 4.77. The summed E-state index contributed by atoms with van der Waals surface area (Å²) in [7, 11) is 0. The van der Waals surface area contributed by atoms with Gasteiger partial charge in [0.1, 0.15) is 0 Å².